The number of aromatic nitrogens is 3. The molecule has 0 spiro atoms. The number of hydrogen-bond acceptors (Lipinski definition) is 4. The highest BCUT2D eigenvalue weighted by Crippen LogP contribution is 2.17. The van der Waals surface area contributed by atoms with Crippen molar-refractivity contribution in [3.63, 3.8) is 0 Å². The zero-order valence-corrected chi connectivity index (χ0v) is 10.1. The van der Waals surface area contributed by atoms with Crippen LogP contribution >= 0.6 is 0 Å². The molecule has 0 radical (unpaired) electrons. The molecule has 0 fully saturated rings. The van der Waals surface area contributed by atoms with E-state index in [4.69, 9.17) is 0 Å². The number of aromatic amines is 1. The van der Waals surface area contributed by atoms with Crippen LogP contribution in [-0.4, -0.2) is 32.7 Å². The van der Waals surface area contributed by atoms with Gasteiger partial charge in [0.25, 0.3) is 5.91 Å². The van der Waals surface area contributed by atoms with Gasteiger partial charge in [-0.25, -0.2) is 9.37 Å². The van der Waals surface area contributed by atoms with Crippen LogP contribution in [0, 0.1) is 5.82 Å². The van der Waals surface area contributed by atoms with Gasteiger partial charge in [-0.05, 0) is 18.6 Å². The Kier molecular flexibility index (Phi) is 4.07. The Labute approximate surface area is 108 Å². The molecule has 19 heavy (non-hydrogen) atoms. The summed E-state index contributed by atoms with van der Waals surface area (Å²) in [5, 5.41) is 18.5. The van der Waals surface area contributed by atoms with Crippen LogP contribution in [0.4, 0.5) is 4.39 Å². The van der Waals surface area contributed by atoms with E-state index in [0.717, 1.165) is 18.0 Å². The standard InChI is InChI=1S/C12H13FN4O2/c13-8-3-4-9(10(18)6-8)12(19)14-5-1-2-11-15-7-16-17-11/h3-4,6-7,18H,1-2,5H2,(H,14,19)(H,15,16,17). The number of hydrogen-bond donors (Lipinski definition) is 3. The number of nitrogens with one attached hydrogen (secondary N) is 2. The minimum Gasteiger partial charge on any atom is -0.507 e. The highest BCUT2D eigenvalue weighted by Gasteiger charge is 2.11. The summed E-state index contributed by atoms with van der Waals surface area (Å²) in [6.07, 6.45) is 2.77. The van der Waals surface area contributed by atoms with Crippen molar-refractivity contribution in [3.05, 3.63) is 41.7 Å². The molecule has 6 nitrogen and oxygen atoms in total. The van der Waals surface area contributed by atoms with Crippen molar-refractivity contribution in [3.8, 4) is 5.75 Å². The van der Waals surface area contributed by atoms with Crippen LogP contribution in [0.2, 0.25) is 0 Å². The van der Waals surface area contributed by atoms with Gasteiger partial charge in [-0.2, -0.15) is 5.10 Å². The third kappa shape index (κ3) is 3.51. The number of H-pyrrole nitrogens is 1. The maximum absolute atomic E-state index is 12.8. The fourth-order valence-electron chi connectivity index (χ4n) is 1.60. The van der Waals surface area contributed by atoms with Gasteiger partial charge in [0.05, 0.1) is 5.56 Å². The van der Waals surface area contributed by atoms with Crippen LogP contribution < -0.4 is 5.32 Å². The van der Waals surface area contributed by atoms with E-state index in [1.54, 1.807) is 0 Å². The summed E-state index contributed by atoms with van der Waals surface area (Å²) < 4.78 is 12.8. The number of aryl methyl sites for hydroxylation is 1. The van der Waals surface area contributed by atoms with Gasteiger partial charge < -0.3 is 10.4 Å². The molecule has 0 aliphatic carbocycles. The maximum atomic E-state index is 12.8. The molecule has 0 unspecified atom stereocenters. The maximum Gasteiger partial charge on any atom is 0.255 e. The zero-order valence-electron chi connectivity index (χ0n) is 10.1. The molecule has 7 heteroatoms. The molecule has 2 aromatic rings. The first-order valence-electron chi connectivity index (χ1n) is 5.78. The summed E-state index contributed by atoms with van der Waals surface area (Å²) in [6, 6.07) is 3.28. The van der Waals surface area contributed by atoms with Crippen molar-refractivity contribution < 1.29 is 14.3 Å². The molecule has 1 heterocycles. The largest absolute Gasteiger partial charge is 0.507 e. The number of halogens is 1. The Balaban J connectivity index is 1.81. The van der Waals surface area contributed by atoms with E-state index in [2.05, 4.69) is 20.5 Å². The third-order valence-electron chi connectivity index (χ3n) is 2.55. The normalized spacial score (nSPS) is 10.4. The molecule has 100 valence electrons. The third-order valence-corrected chi connectivity index (χ3v) is 2.55. The van der Waals surface area contributed by atoms with Crippen LogP contribution in [-0.2, 0) is 6.42 Å². The number of phenols is 1. The summed E-state index contributed by atoms with van der Waals surface area (Å²) in [7, 11) is 0. The number of phenolic OH excluding ortho intramolecular Hbond substituents is 1. The van der Waals surface area contributed by atoms with Gasteiger partial charge >= 0.3 is 0 Å². The average Bonchev–Trinajstić information content (AvgIpc) is 2.87. The van der Waals surface area contributed by atoms with Gasteiger partial charge in [0.15, 0.2) is 0 Å². The van der Waals surface area contributed by atoms with Crippen LogP contribution in [0.1, 0.15) is 22.6 Å². The van der Waals surface area contributed by atoms with E-state index in [0.29, 0.717) is 19.4 Å². The molecule has 1 aromatic heterocycles. The van der Waals surface area contributed by atoms with E-state index < -0.39 is 11.7 Å². The highest BCUT2D eigenvalue weighted by molar-refractivity contribution is 5.96. The molecule has 0 saturated heterocycles. The lowest BCUT2D eigenvalue weighted by molar-refractivity contribution is 0.0950. The van der Waals surface area contributed by atoms with E-state index >= 15 is 0 Å². The van der Waals surface area contributed by atoms with Gasteiger partial charge in [-0.1, -0.05) is 0 Å². The predicted molar refractivity (Wildman–Crippen MR) is 65.1 cm³/mol. The summed E-state index contributed by atoms with van der Waals surface area (Å²) in [5.74, 6) is -0.638. The number of aromatic hydroxyl groups is 1. The van der Waals surface area contributed by atoms with Crippen molar-refractivity contribution in [1.82, 2.24) is 20.5 Å². The van der Waals surface area contributed by atoms with Crippen molar-refractivity contribution in [2.24, 2.45) is 0 Å². The second kappa shape index (κ2) is 5.94. The molecule has 3 N–H and O–H groups in total. The minimum atomic E-state index is -0.584. The first-order chi connectivity index (χ1) is 9.16. The fraction of sp³-hybridized carbons (Fsp3) is 0.250. The number of carbonyl (C=O) groups excluding carboxylic acids is 1. The molecule has 1 amide bonds. The van der Waals surface area contributed by atoms with Crippen LogP contribution in [0.25, 0.3) is 0 Å². The summed E-state index contributed by atoms with van der Waals surface area (Å²) >= 11 is 0. The van der Waals surface area contributed by atoms with E-state index in [-0.39, 0.29) is 11.3 Å². The van der Waals surface area contributed by atoms with Crippen molar-refractivity contribution in [2.45, 2.75) is 12.8 Å². The first-order valence-corrected chi connectivity index (χ1v) is 5.78. The molecule has 0 atom stereocenters. The number of benzene rings is 1. The Morgan fingerprint density at radius 1 is 1.47 bits per heavy atom. The highest BCUT2D eigenvalue weighted by atomic mass is 19.1. The lowest BCUT2D eigenvalue weighted by Crippen LogP contribution is -2.25. The quantitative estimate of drug-likeness (QED) is 0.703. The summed E-state index contributed by atoms with van der Waals surface area (Å²) in [4.78, 5) is 15.7. The second-order valence-corrected chi connectivity index (χ2v) is 3.95. The van der Waals surface area contributed by atoms with Gasteiger partial charge in [-0.15, -0.1) is 0 Å². The minimum absolute atomic E-state index is 0.0565. The predicted octanol–water partition coefficient (Wildman–Crippen LogP) is 1.01. The number of carbonyl (C=O) groups is 1. The van der Waals surface area contributed by atoms with E-state index in [9.17, 15) is 14.3 Å². The molecule has 0 aliphatic heterocycles. The van der Waals surface area contributed by atoms with Crippen LogP contribution in [0.15, 0.2) is 24.5 Å². The van der Waals surface area contributed by atoms with Crippen LogP contribution in [0.5, 0.6) is 5.75 Å². The Hall–Kier alpha value is -2.44. The van der Waals surface area contributed by atoms with Gasteiger partial charge in [0.2, 0.25) is 0 Å². The van der Waals surface area contributed by atoms with Crippen molar-refractivity contribution >= 4 is 5.91 Å². The summed E-state index contributed by atoms with van der Waals surface area (Å²) in [6.45, 7) is 0.427. The molecule has 0 aliphatic rings. The topological polar surface area (TPSA) is 90.9 Å². The van der Waals surface area contributed by atoms with E-state index in [1.165, 1.54) is 12.4 Å². The first kappa shape index (κ1) is 13.0. The smallest absolute Gasteiger partial charge is 0.255 e. The molecule has 2 rings (SSSR count). The Bertz CT molecular complexity index is 557. The molecule has 0 saturated carbocycles. The van der Waals surface area contributed by atoms with Gasteiger partial charge in [-0.3, -0.25) is 9.89 Å². The molecule has 0 bridgehead atoms. The lowest BCUT2D eigenvalue weighted by Gasteiger charge is -2.06. The molecular weight excluding hydrogens is 251 g/mol. The zero-order chi connectivity index (χ0) is 13.7. The Morgan fingerprint density at radius 3 is 3.00 bits per heavy atom. The average molecular weight is 264 g/mol. The number of amides is 1. The fourth-order valence-corrected chi connectivity index (χ4v) is 1.60. The van der Waals surface area contributed by atoms with Crippen molar-refractivity contribution in [2.75, 3.05) is 6.54 Å². The Morgan fingerprint density at radius 2 is 2.32 bits per heavy atom. The van der Waals surface area contributed by atoms with Gasteiger partial charge in [0.1, 0.15) is 23.7 Å². The number of nitrogens with zero attached hydrogens (tertiary/aromatic N) is 2. The second-order valence-electron chi connectivity index (χ2n) is 3.95. The van der Waals surface area contributed by atoms with Crippen LogP contribution in [0.3, 0.4) is 0 Å². The summed E-state index contributed by atoms with van der Waals surface area (Å²) in [5.41, 5.74) is 0.0565. The SMILES string of the molecule is O=C(NCCCc1ncn[nH]1)c1ccc(F)cc1O. The van der Waals surface area contributed by atoms with Gasteiger partial charge in [0, 0.05) is 19.0 Å². The molecular formula is C12H13FN4O2. The van der Waals surface area contributed by atoms with Crippen molar-refractivity contribution in [1.29, 1.82) is 0 Å². The lowest BCUT2D eigenvalue weighted by atomic mass is 10.2. The van der Waals surface area contributed by atoms with E-state index in [1.807, 2.05) is 0 Å². The molecule has 1 aromatic carbocycles. The monoisotopic (exact) mass is 264 g/mol. The number of rotatable bonds is 5.